The summed E-state index contributed by atoms with van der Waals surface area (Å²) in [6, 6.07) is 34.4. The fourth-order valence-electron chi connectivity index (χ4n) is 3.14. The van der Waals surface area contributed by atoms with Crippen LogP contribution in [0.3, 0.4) is 0 Å². The number of hydrogen-bond donors (Lipinski definition) is 1. The van der Waals surface area contributed by atoms with E-state index in [-0.39, 0.29) is 0 Å². The Morgan fingerprint density at radius 1 is 0.679 bits per heavy atom. The summed E-state index contributed by atoms with van der Waals surface area (Å²) in [5.41, 5.74) is 9.31. The highest BCUT2D eigenvalue weighted by Gasteiger charge is 2.09. The Morgan fingerprint density at radius 2 is 1.32 bits per heavy atom. The minimum atomic E-state index is 0.459. The van der Waals surface area contributed by atoms with Gasteiger partial charge < -0.3 is 5.73 Å². The van der Waals surface area contributed by atoms with Gasteiger partial charge in [-0.2, -0.15) is 0 Å². The molecule has 0 fully saturated rings. The van der Waals surface area contributed by atoms with Gasteiger partial charge in [-0.1, -0.05) is 103 Å². The molecule has 0 spiro atoms. The van der Waals surface area contributed by atoms with E-state index in [0.29, 0.717) is 18.2 Å². The Labute approximate surface area is 164 Å². The monoisotopic (exact) mass is 363 g/mol. The molecule has 0 unspecified atom stereocenters. The third kappa shape index (κ3) is 3.99. The van der Waals surface area contributed by atoms with E-state index in [1.807, 2.05) is 72.8 Å². The number of nitrogens with two attached hydrogens (primary N) is 1. The molecule has 4 aromatic carbocycles. The van der Waals surface area contributed by atoms with E-state index in [1.165, 1.54) is 0 Å². The molecule has 0 radical (unpaired) electrons. The number of rotatable bonds is 4. The first-order chi connectivity index (χ1) is 13.8. The number of nitrogens with zero attached hydrogens (tertiary/aromatic N) is 2. The van der Waals surface area contributed by atoms with Crippen molar-refractivity contribution >= 4 is 22.4 Å². The standard InChI is InChI=1S/C25H21N3/c26-24(21-13-5-2-6-14-21)28-25(27-18-19-10-3-1-4-11-19)23-17-9-15-20-12-7-8-16-22(20)23/h1-17H,18H2,(H2,26,27,28). The summed E-state index contributed by atoms with van der Waals surface area (Å²) in [5, 5.41) is 2.27. The van der Waals surface area contributed by atoms with Crippen LogP contribution in [0, 0.1) is 0 Å². The summed E-state index contributed by atoms with van der Waals surface area (Å²) >= 11 is 0. The van der Waals surface area contributed by atoms with Crippen molar-refractivity contribution in [2.75, 3.05) is 0 Å². The Balaban J connectivity index is 1.81. The molecule has 0 aliphatic heterocycles. The lowest BCUT2D eigenvalue weighted by Crippen LogP contribution is -2.16. The van der Waals surface area contributed by atoms with E-state index in [1.54, 1.807) is 0 Å². The van der Waals surface area contributed by atoms with Crippen LogP contribution in [-0.2, 0) is 6.54 Å². The number of hydrogen-bond acceptors (Lipinski definition) is 1. The normalized spacial score (nSPS) is 12.3. The number of fused-ring (bicyclic) bond motifs is 1. The van der Waals surface area contributed by atoms with Crippen LogP contribution in [0.5, 0.6) is 0 Å². The zero-order valence-corrected chi connectivity index (χ0v) is 15.5. The van der Waals surface area contributed by atoms with Crippen LogP contribution in [0.25, 0.3) is 10.8 Å². The van der Waals surface area contributed by atoms with Crippen LogP contribution >= 0.6 is 0 Å². The topological polar surface area (TPSA) is 50.7 Å². The van der Waals surface area contributed by atoms with Gasteiger partial charge in [0.25, 0.3) is 0 Å². The maximum absolute atomic E-state index is 6.32. The first-order valence-corrected chi connectivity index (χ1v) is 9.27. The van der Waals surface area contributed by atoms with Crippen molar-refractivity contribution in [3.05, 3.63) is 120 Å². The van der Waals surface area contributed by atoms with Gasteiger partial charge in [-0.05, 0) is 16.3 Å². The molecule has 4 rings (SSSR count). The molecule has 2 N–H and O–H groups in total. The van der Waals surface area contributed by atoms with Gasteiger partial charge in [0.15, 0.2) is 5.84 Å². The largest absolute Gasteiger partial charge is 0.383 e. The van der Waals surface area contributed by atoms with Crippen molar-refractivity contribution < 1.29 is 0 Å². The SMILES string of the molecule is NC(=NC(=NCc1ccccc1)c1cccc2ccccc12)c1ccccc1. The highest BCUT2D eigenvalue weighted by molar-refractivity contribution is 6.16. The quantitative estimate of drug-likeness (QED) is 0.393. The smallest absolute Gasteiger partial charge is 0.157 e. The second-order valence-corrected chi connectivity index (χ2v) is 6.52. The Hall–Kier alpha value is -3.72. The Bertz CT molecular complexity index is 1120. The lowest BCUT2D eigenvalue weighted by Gasteiger charge is -2.09. The van der Waals surface area contributed by atoms with Crippen molar-refractivity contribution in [3.63, 3.8) is 0 Å². The van der Waals surface area contributed by atoms with Gasteiger partial charge >= 0.3 is 0 Å². The van der Waals surface area contributed by atoms with Crippen molar-refractivity contribution in [2.45, 2.75) is 6.54 Å². The molecule has 28 heavy (non-hydrogen) atoms. The van der Waals surface area contributed by atoms with Crippen LogP contribution in [0.4, 0.5) is 0 Å². The van der Waals surface area contributed by atoms with Gasteiger partial charge in [0.1, 0.15) is 5.84 Å². The average Bonchev–Trinajstić information content (AvgIpc) is 2.77. The number of amidine groups is 2. The van der Waals surface area contributed by atoms with Gasteiger partial charge in [-0.15, -0.1) is 0 Å². The first-order valence-electron chi connectivity index (χ1n) is 9.27. The summed E-state index contributed by atoms with van der Waals surface area (Å²) < 4.78 is 0. The third-order valence-corrected chi connectivity index (χ3v) is 4.58. The third-order valence-electron chi connectivity index (χ3n) is 4.58. The summed E-state index contributed by atoms with van der Waals surface area (Å²) in [6.07, 6.45) is 0. The molecule has 0 aliphatic rings. The number of benzene rings is 4. The van der Waals surface area contributed by atoms with Gasteiger partial charge in [0, 0.05) is 11.1 Å². The predicted molar refractivity (Wildman–Crippen MR) is 118 cm³/mol. The second kappa shape index (κ2) is 8.31. The van der Waals surface area contributed by atoms with E-state index in [9.17, 15) is 0 Å². The summed E-state index contributed by atoms with van der Waals surface area (Å²) in [4.78, 5) is 9.56. The van der Waals surface area contributed by atoms with E-state index < -0.39 is 0 Å². The van der Waals surface area contributed by atoms with Gasteiger partial charge in [-0.3, -0.25) is 4.99 Å². The van der Waals surface area contributed by atoms with Gasteiger partial charge in [0.2, 0.25) is 0 Å². The first kappa shape index (κ1) is 17.7. The molecule has 4 aromatic rings. The van der Waals surface area contributed by atoms with E-state index >= 15 is 0 Å². The average molecular weight is 363 g/mol. The zero-order chi connectivity index (χ0) is 19.2. The lowest BCUT2D eigenvalue weighted by atomic mass is 10.0. The van der Waals surface area contributed by atoms with Crippen molar-refractivity contribution in [3.8, 4) is 0 Å². The highest BCUT2D eigenvalue weighted by atomic mass is 15.0. The summed E-state index contributed by atoms with van der Waals surface area (Å²) in [5.74, 6) is 1.10. The molecule has 0 saturated carbocycles. The fraction of sp³-hybridized carbons (Fsp3) is 0.0400. The maximum Gasteiger partial charge on any atom is 0.157 e. The zero-order valence-electron chi connectivity index (χ0n) is 15.5. The van der Waals surface area contributed by atoms with Crippen LogP contribution < -0.4 is 5.73 Å². The minimum absolute atomic E-state index is 0.459. The predicted octanol–water partition coefficient (Wildman–Crippen LogP) is 5.19. The summed E-state index contributed by atoms with van der Waals surface area (Å²) in [7, 11) is 0. The van der Waals surface area contributed by atoms with Crippen molar-refractivity contribution in [2.24, 2.45) is 15.7 Å². The Morgan fingerprint density at radius 3 is 2.11 bits per heavy atom. The molecule has 0 aliphatic carbocycles. The van der Waals surface area contributed by atoms with E-state index in [4.69, 9.17) is 15.7 Å². The molecule has 0 heterocycles. The second-order valence-electron chi connectivity index (χ2n) is 6.52. The maximum atomic E-state index is 6.32. The number of aliphatic imine (C=N–C) groups is 2. The molecule has 136 valence electrons. The van der Waals surface area contributed by atoms with Crippen molar-refractivity contribution in [1.82, 2.24) is 0 Å². The fourth-order valence-corrected chi connectivity index (χ4v) is 3.14. The van der Waals surface area contributed by atoms with Crippen LogP contribution in [-0.4, -0.2) is 11.7 Å². The van der Waals surface area contributed by atoms with Gasteiger partial charge in [0.05, 0.1) is 6.54 Å². The molecule has 3 nitrogen and oxygen atoms in total. The Kier molecular flexibility index (Phi) is 5.25. The van der Waals surface area contributed by atoms with Crippen molar-refractivity contribution in [1.29, 1.82) is 0 Å². The van der Waals surface area contributed by atoms with Gasteiger partial charge in [-0.25, -0.2) is 4.99 Å². The lowest BCUT2D eigenvalue weighted by molar-refractivity contribution is 1.06. The molecular weight excluding hydrogens is 342 g/mol. The van der Waals surface area contributed by atoms with Crippen LogP contribution in [0.2, 0.25) is 0 Å². The van der Waals surface area contributed by atoms with E-state index in [2.05, 4.69) is 30.3 Å². The molecular formula is C25H21N3. The molecule has 0 saturated heterocycles. The molecule has 0 atom stereocenters. The molecule has 3 heteroatoms. The van der Waals surface area contributed by atoms with E-state index in [0.717, 1.165) is 27.5 Å². The summed E-state index contributed by atoms with van der Waals surface area (Å²) in [6.45, 7) is 0.547. The molecule has 0 bridgehead atoms. The highest BCUT2D eigenvalue weighted by Crippen LogP contribution is 2.20. The van der Waals surface area contributed by atoms with Crippen LogP contribution in [0.1, 0.15) is 16.7 Å². The van der Waals surface area contributed by atoms with Crippen LogP contribution in [0.15, 0.2) is 113 Å². The molecule has 0 amide bonds. The minimum Gasteiger partial charge on any atom is -0.383 e. The molecule has 0 aromatic heterocycles.